The molecule has 29 heavy (non-hydrogen) atoms. The van der Waals surface area contributed by atoms with Gasteiger partial charge in [-0.3, -0.25) is 4.90 Å². The molecular weight excluding hydrogens is 364 g/mol. The van der Waals surface area contributed by atoms with Crippen molar-refractivity contribution in [1.29, 1.82) is 0 Å². The summed E-state index contributed by atoms with van der Waals surface area (Å²) in [6.45, 7) is 3.02. The van der Waals surface area contributed by atoms with E-state index in [0.29, 0.717) is 5.56 Å². The summed E-state index contributed by atoms with van der Waals surface area (Å²) in [6, 6.07) is 13.8. The number of aromatic nitrogens is 1. The fraction of sp³-hybridized carbons (Fsp3) is 0.292. The van der Waals surface area contributed by atoms with Crippen molar-refractivity contribution in [3.63, 3.8) is 0 Å². The van der Waals surface area contributed by atoms with Gasteiger partial charge in [0.25, 0.3) is 0 Å². The third kappa shape index (κ3) is 3.32. The number of carboxylic acids is 1. The number of nitrogens with zero attached hydrogens (tertiary/aromatic N) is 1. The Labute approximate surface area is 168 Å². The Morgan fingerprint density at radius 3 is 2.86 bits per heavy atom. The highest BCUT2D eigenvalue weighted by atomic mass is 16.4. The highest BCUT2D eigenvalue weighted by Crippen LogP contribution is 2.30. The lowest BCUT2D eigenvalue weighted by atomic mass is 10.0. The summed E-state index contributed by atoms with van der Waals surface area (Å²) in [5.74, 6) is 0.231. The van der Waals surface area contributed by atoms with E-state index in [1.165, 1.54) is 16.5 Å². The molecule has 5 nitrogen and oxygen atoms in total. The minimum absolute atomic E-state index is 0.337. The Hall–Kier alpha value is -3.05. The van der Waals surface area contributed by atoms with E-state index < -0.39 is 5.97 Å². The summed E-state index contributed by atoms with van der Waals surface area (Å²) in [4.78, 5) is 17.0. The summed E-state index contributed by atoms with van der Waals surface area (Å²) in [5.41, 5.74) is 4.64. The molecule has 2 aromatic heterocycles. The zero-order valence-corrected chi connectivity index (χ0v) is 16.3. The SMILES string of the molecule is O=C(O)c1cccc2c(CCCCN3CCc4c(oc5ccccc45)C3)c[nH]c12. The quantitative estimate of drug-likeness (QED) is 0.457. The fourth-order valence-corrected chi connectivity index (χ4v) is 4.54. The van der Waals surface area contributed by atoms with Crippen LogP contribution < -0.4 is 0 Å². The van der Waals surface area contributed by atoms with Crippen LogP contribution >= 0.6 is 0 Å². The first-order valence-electron chi connectivity index (χ1n) is 10.2. The number of aromatic amines is 1. The van der Waals surface area contributed by atoms with E-state index in [9.17, 15) is 9.90 Å². The smallest absolute Gasteiger partial charge is 0.337 e. The van der Waals surface area contributed by atoms with Gasteiger partial charge in [-0.25, -0.2) is 4.79 Å². The van der Waals surface area contributed by atoms with Crippen LogP contribution in [0.5, 0.6) is 0 Å². The normalized spacial score (nSPS) is 14.5. The van der Waals surface area contributed by atoms with Gasteiger partial charge >= 0.3 is 5.97 Å². The molecule has 0 radical (unpaired) electrons. The predicted molar refractivity (Wildman–Crippen MR) is 113 cm³/mol. The van der Waals surface area contributed by atoms with Crippen molar-refractivity contribution in [3.8, 4) is 0 Å². The maximum absolute atomic E-state index is 11.4. The molecule has 0 spiro atoms. The zero-order valence-electron chi connectivity index (χ0n) is 16.3. The van der Waals surface area contributed by atoms with E-state index in [0.717, 1.165) is 67.6 Å². The molecule has 2 N–H and O–H groups in total. The number of para-hydroxylation sites is 2. The predicted octanol–water partition coefficient (Wildman–Crippen LogP) is 4.99. The van der Waals surface area contributed by atoms with Crippen LogP contribution in [0.15, 0.2) is 53.1 Å². The maximum atomic E-state index is 11.4. The molecule has 3 heterocycles. The molecule has 148 valence electrons. The molecule has 0 unspecified atom stereocenters. The number of furan rings is 1. The summed E-state index contributed by atoms with van der Waals surface area (Å²) in [5, 5.41) is 11.6. The molecule has 0 saturated carbocycles. The molecule has 0 atom stereocenters. The first kappa shape index (κ1) is 18.0. The first-order chi connectivity index (χ1) is 14.2. The average molecular weight is 388 g/mol. The van der Waals surface area contributed by atoms with Crippen LogP contribution in [0.1, 0.15) is 40.1 Å². The van der Waals surface area contributed by atoms with Crippen LogP contribution in [0.3, 0.4) is 0 Å². The van der Waals surface area contributed by atoms with Gasteiger partial charge in [0.1, 0.15) is 11.3 Å². The molecule has 0 saturated heterocycles. The molecule has 1 aliphatic heterocycles. The largest absolute Gasteiger partial charge is 0.478 e. The van der Waals surface area contributed by atoms with Crippen LogP contribution in [-0.4, -0.2) is 34.0 Å². The van der Waals surface area contributed by atoms with E-state index in [2.05, 4.69) is 28.1 Å². The number of fused-ring (bicyclic) bond motifs is 4. The van der Waals surface area contributed by atoms with Crippen LogP contribution in [0.25, 0.3) is 21.9 Å². The van der Waals surface area contributed by atoms with Gasteiger partial charge in [-0.15, -0.1) is 0 Å². The molecule has 0 fully saturated rings. The van der Waals surface area contributed by atoms with Gasteiger partial charge in [0.2, 0.25) is 0 Å². The Bertz CT molecular complexity index is 1190. The second kappa shape index (κ2) is 7.41. The van der Waals surface area contributed by atoms with Gasteiger partial charge in [0.15, 0.2) is 0 Å². The number of benzene rings is 2. The standard InChI is InChI=1S/C24H24N2O3/c27-24(28)20-9-5-8-17-16(14-25-23(17)20)6-3-4-12-26-13-11-19-18-7-1-2-10-21(18)29-22(19)15-26/h1-2,5,7-10,14,25H,3-4,6,11-13,15H2,(H,27,28). The Balaban J connectivity index is 1.19. The summed E-state index contributed by atoms with van der Waals surface area (Å²) in [7, 11) is 0. The van der Waals surface area contributed by atoms with Crippen molar-refractivity contribution in [2.45, 2.75) is 32.2 Å². The van der Waals surface area contributed by atoms with Crippen molar-refractivity contribution in [2.75, 3.05) is 13.1 Å². The van der Waals surface area contributed by atoms with Gasteiger partial charge in [0.05, 0.1) is 17.6 Å². The number of hydrogen-bond donors (Lipinski definition) is 2. The van der Waals surface area contributed by atoms with E-state index in [1.54, 1.807) is 6.07 Å². The number of aromatic carboxylic acids is 1. The lowest BCUT2D eigenvalue weighted by Gasteiger charge is -2.25. The van der Waals surface area contributed by atoms with Crippen LogP contribution in [0.4, 0.5) is 0 Å². The number of carbonyl (C=O) groups is 1. The second-order valence-corrected chi connectivity index (χ2v) is 7.83. The lowest BCUT2D eigenvalue weighted by molar-refractivity contribution is 0.0699. The minimum Gasteiger partial charge on any atom is -0.478 e. The van der Waals surface area contributed by atoms with Gasteiger partial charge < -0.3 is 14.5 Å². The fourth-order valence-electron chi connectivity index (χ4n) is 4.54. The lowest BCUT2D eigenvalue weighted by Crippen LogP contribution is -2.30. The number of rotatable bonds is 6. The second-order valence-electron chi connectivity index (χ2n) is 7.83. The van der Waals surface area contributed by atoms with E-state index >= 15 is 0 Å². The topological polar surface area (TPSA) is 69.5 Å². The molecule has 5 rings (SSSR count). The van der Waals surface area contributed by atoms with Gasteiger partial charge in [-0.05, 0) is 49.9 Å². The number of aryl methyl sites for hydroxylation is 1. The van der Waals surface area contributed by atoms with E-state index in [1.807, 2.05) is 24.4 Å². The zero-order chi connectivity index (χ0) is 19.8. The minimum atomic E-state index is -0.890. The monoisotopic (exact) mass is 388 g/mol. The molecule has 0 aliphatic carbocycles. The summed E-state index contributed by atoms with van der Waals surface area (Å²) in [6.07, 6.45) is 6.15. The Morgan fingerprint density at radius 2 is 1.97 bits per heavy atom. The average Bonchev–Trinajstić information content (AvgIpc) is 3.31. The Kier molecular flexibility index (Phi) is 4.60. The first-order valence-corrected chi connectivity index (χ1v) is 10.2. The number of carboxylic acid groups (broad SMARTS) is 1. The maximum Gasteiger partial charge on any atom is 0.337 e. The number of H-pyrrole nitrogens is 1. The van der Waals surface area contributed by atoms with Crippen molar-refractivity contribution >= 4 is 27.8 Å². The molecule has 5 heteroatoms. The molecule has 2 aromatic carbocycles. The molecule has 0 bridgehead atoms. The number of nitrogens with one attached hydrogen (secondary N) is 1. The number of hydrogen-bond acceptors (Lipinski definition) is 3. The molecule has 4 aromatic rings. The summed E-state index contributed by atoms with van der Waals surface area (Å²) >= 11 is 0. The molecular formula is C24H24N2O3. The molecule has 0 amide bonds. The van der Waals surface area contributed by atoms with Crippen LogP contribution in [0, 0.1) is 0 Å². The summed E-state index contributed by atoms with van der Waals surface area (Å²) < 4.78 is 6.07. The van der Waals surface area contributed by atoms with Crippen LogP contribution in [0.2, 0.25) is 0 Å². The highest BCUT2D eigenvalue weighted by molar-refractivity contribution is 6.02. The van der Waals surface area contributed by atoms with E-state index in [-0.39, 0.29) is 0 Å². The highest BCUT2D eigenvalue weighted by Gasteiger charge is 2.22. The third-order valence-corrected chi connectivity index (χ3v) is 6.03. The Morgan fingerprint density at radius 1 is 1.10 bits per heavy atom. The van der Waals surface area contributed by atoms with Gasteiger partial charge in [-0.2, -0.15) is 0 Å². The van der Waals surface area contributed by atoms with Crippen LogP contribution in [-0.2, 0) is 19.4 Å². The molecule has 1 aliphatic rings. The van der Waals surface area contributed by atoms with Crippen molar-refractivity contribution in [1.82, 2.24) is 9.88 Å². The van der Waals surface area contributed by atoms with Crippen molar-refractivity contribution in [3.05, 3.63) is 71.1 Å². The van der Waals surface area contributed by atoms with E-state index in [4.69, 9.17) is 4.42 Å². The van der Waals surface area contributed by atoms with Gasteiger partial charge in [-0.1, -0.05) is 30.3 Å². The number of unbranched alkanes of at least 4 members (excludes halogenated alkanes) is 1. The third-order valence-electron chi connectivity index (χ3n) is 6.03. The van der Waals surface area contributed by atoms with Crippen molar-refractivity contribution < 1.29 is 14.3 Å². The van der Waals surface area contributed by atoms with Gasteiger partial charge in [0, 0.05) is 29.1 Å². The van der Waals surface area contributed by atoms with Crippen molar-refractivity contribution in [2.24, 2.45) is 0 Å².